The van der Waals surface area contributed by atoms with E-state index < -0.39 is 32.5 Å². The van der Waals surface area contributed by atoms with Gasteiger partial charge in [0.2, 0.25) is 0 Å². The van der Waals surface area contributed by atoms with Gasteiger partial charge in [0.15, 0.2) is 0 Å². The molecule has 0 fully saturated rings. The molecule has 0 N–H and O–H groups in total. The maximum absolute atomic E-state index is 13.0. The van der Waals surface area contributed by atoms with Gasteiger partial charge in [-0.15, -0.1) is 0 Å². The zero-order valence-corrected chi connectivity index (χ0v) is 38.0. The Kier molecular flexibility index (Phi) is 36.2. The van der Waals surface area contributed by atoms with Crippen molar-refractivity contribution >= 4 is 22.1 Å². The van der Waals surface area contributed by atoms with E-state index in [9.17, 15) is 22.6 Å². The van der Waals surface area contributed by atoms with Gasteiger partial charge in [0.25, 0.3) is 0 Å². The second kappa shape index (κ2) is 36.8. The number of hydrogen-bond donors (Lipinski definition) is 0. The van der Waals surface area contributed by atoms with Crippen LogP contribution in [0.25, 0.3) is 0 Å². The van der Waals surface area contributed by atoms with Crippen LogP contribution < -0.4 is 51.4 Å². The first-order valence-corrected chi connectivity index (χ1v) is 22.5. The Morgan fingerprint density at radius 3 is 1.25 bits per heavy atom. The number of carbonyl (C=O) groups is 2. The molecule has 0 saturated carbocycles. The number of carbonyl (C=O) groups excluding carboxylic acids is 2. The van der Waals surface area contributed by atoms with Gasteiger partial charge in [-0.2, -0.15) is 0 Å². The Bertz CT molecular complexity index is 1210. The Labute approximate surface area is 367 Å². The van der Waals surface area contributed by atoms with E-state index in [0.717, 1.165) is 63.9 Å². The van der Waals surface area contributed by atoms with Crippen molar-refractivity contribution in [2.24, 2.45) is 0 Å². The summed E-state index contributed by atoms with van der Waals surface area (Å²) in [5.74, 6) is -1.82. The molecule has 0 spiro atoms. The van der Waals surface area contributed by atoms with Gasteiger partial charge in [0, 0.05) is 0 Å². The molecule has 0 heterocycles. The fourth-order valence-electron chi connectivity index (χ4n) is 6.30. The van der Waals surface area contributed by atoms with E-state index in [1.807, 2.05) is 0 Å². The third-order valence-corrected chi connectivity index (χ3v) is 10.4. The molecule has 0 bridgehead atoms. The van der Waals surface area contributed by atoms with Crippen LogP contribution in [0.4, 0.5) is 0 Å². The molecular formula is C44H73KO7S. The standard InChI is InChI=1S/C44H74O7S.K/c1-3-5-7-9-11-13-15-17-19-21-23-25-27-29-31-33-38-50-43(45)40-36-35-37-41(52(47,48)49)42(40)44(46)51-39-34-32-30-28-26-24-22-20-18-16-14-12-10-8-6-4-2;/h17-20,35-37H,3-16,21-34,38-39H2,1-2H3,(H,47,48,49);/q;+1/p-1/b19-17+,20-18+;. The van der Waals surface area contributed by atoms with Gasteiger partial charge in [-0.3, -0.25) is 0 Å². The summed E-state index contributed by atoms with van der Waals surface area (Å²) >= 11 is 0. The van der Waals surface area contributed by atoms with Gasteiger partial charge in [-0.05, 0) is 76.3 Å². The summed E-state index contributed by atoms with van der Waals surface area (Å²) in [7, 11) is -5.02. The first-order valence-electron chi connectivity index (χ1n) is 21.1. The van der Waals surface area contributed by atoms with Gasteiger partial charge in [-0.1, -0.05) is 160 Å². The average Bonchev–Trinajstić information content (AvgIpc) is 3.13. The molecule has 7 nitrogen and oxygen atoms in total. The number of benzene rings is 1. The molecule has 53 heavy (non-hydrogen) atoms. The molecule has 0 saturated heterocycles. The van der Waals surface area contributed by atoms with E-state index in [4.69, 9.17) is 9.47 Å². The molecule has 298 valence electrons. The quantitative estimate of drug-likeness (QED) is 0.0222. The number of ether oxygens (including phenoxy) is 2. The minimum Gasteiger partial charge on any atom is -0.744 e. The molecule has 1 aromatic rings. The van der Waals surface area contributed by atoms with Crippen molar-refractivity contribution in [3.63, 3.8) is 0 Å². The van der Waals surface area contributed by atoms with E-state index in [0.29, 0.717) is 12.8 Å². The molecule has 1 rings (SSSR count). The minimum absolute atomic E-state index is 0. The summed E-state index contributed by atoms with van der Waals surface area (Å²) < 4.78 is 46.6. The van der Waals surface area contributed by atoms with Crippen LogP contribution in [0.15, 0.2) is 47.4 Å². The average molecular weight is 785 g/mol. The maximum atomic E-state index is 13.0. The van der Waals surface area contributed by atoms with E-state index in [1.54, 1.807) is 0 Å². The van der Waals surface area contributed by atoms with Crippen molar-refractivity contribution in [2.75, 3.05) is 13.2 Å². The Balaban J connectivity index is 0.0000270. The summed E-state index contributed by atoms with van der Waals surface area (Å²) in [4.78, 5) is 25.1. The van der Waals surface area contributed by atoms with E-state index in [1.165, 1.54) is 121 Å². The normalized spacial score (nSPS) is 11.7. The second-order valence-corrected chi connectivity index (χ2v) is 15.6. The third-order valence-electron chi connectivity index (χ3n) is 9.50. The van der Waals surface area contributed by atoms with Gasteiger partial charge >= 0.3 is 63.3 Å². The van der Waals surface area contributed by atoms with Crippen molar-refractivity contribution in [3.05, 3.63) is 53.6 Å². The van der Waals surface area contributed by atoms with Crippen molar-refractivity contribution in [2.45, 2.75) is 199 Å². The van der Waals surface area contributed by atoms with Crippen LogP contribution in [0.5, 0.6) is 0 Å². The summed E-state index contributed by atoms with van der Waals surface area (Å²) in [6.07, 6.45) is 41.8. The first-order chi connectivity index (χ1) is 25.3. The predicted molar refractivity (Wildman–Crippen MR) is 214 cm³/mol. The largest absolute Gasteiger partial charge is 1.00 e. The van der Waals surface area contributed by atoms with Crippen LogP contribution in [-0.4, -0.2) is 38.1 Å². The molecule has 0 atom stereocenters. The van der Waals surface area contributed by atoms with Crippen molar-refractivity contribution < 1.29 is 83.4 Å². The monoisotopic (exact) mass is 784 g/mol. The van der Waals surface area contributed by atoms with Crippen molar-refractivity contribution in [3.8, 4) is 0 Å². The fourth-order valence-corrected chi connectivity index (χ4v) is 6.99. The molecule has 0 aliphatic carbocycles. The molecule has 1 aromatic carbocycles. The van der Waals surface area contributed by atoms with E-state index >= 15 is 0 Å². The molecule has 0 radical (unpaired) electrons. The molecule has 9 heteroatoms. The number of rotatable bonds is 35. The van der Waals surface area contributed by atoms with E-state index in [-0.39, 0.29) is 70.2 Å². The van der Waals surface area contributed by atoms with Crippen molar-refractivity contribution in [1.82, 2.24) is 0 Å². The fraction of sp³-hybridized carbons (Fsp3) is 0.727. The zero-order chi connectivity index (χ0) is 38.0. The molecule has 0 unspecified atom stereocenters. The maximum Gasteiger partial charge on any atom is 1.00 e. The SMILES string of the molecule is CCCCCCCC/C=C/CCCCCCCCOC(=O)c1cccc(S(=O)(=O)[O-])c1C(=O)OCCCCCCCC/C=C/CCCCCCCC.[K+]. The molecular weight excluding hydrogens is 712 g/mol. The summed E-state index contributed by atoms with van der Waals surface area (Å²) in [6.45, 7) is 4.72. The van der Waals surface area contributed by atoms with Crippen LogP contribution in [0.3, 0.4) is 0 Å². The van der Waals surface area contributed by atoms with Crippen LogP contribution in [0.2, 0.25) is 0 Å². The molecule has 0 aliphatic heterocycles. The Morgan fingerprint density at radius 1 is 0.528 bits per heavy atom. The van der Waals surface area contributed by atoms with Crippen LogP contribution in [-0.2, 0) is 19.6 Å². The summed E-state index contributed by atoms with van der Waals surface area (Å²) in [6, 6.07) is 3.61. The van der Waals surface area contributed by atoms with Gasteiger partial charge in [0.05, 0.1) is 29.2 Å². The topological polar surface area (TPSA) is 110 Å². The first kappa shape index (κ1) is 52.2. The smallest absolute Gasteiger partial charge is 0.744 e. The van der Waals surface area contributed by atoms with Gasteiger partial charge < -0.3 is 14.0 Å². The Morgan fingerprint density at radius 2 is 0.868 bits per heavy atom. The molecule has 0 aliphatic rings. The number of esters is 2. The number of allylic oxidation sites excluding steroid dienone is 4. The van der Waals surface area contributed by atoms with E-state index in [2.05, 4.69) is 38.2 Å². The van der Waals surface area contributed by atoms with Gasteiger partial charge in [0.1, 0.15) is 10.1 Å². The Hall–Kier alpha value is -0.814. The number of hydrogen-bond acceptors (Lipinski definition) is 7. The van der Waals surface area contributed by atoms with Crippen molar-refractivity contribution in [1.29, 1.82) is 0 Å². The second-order valence-electron chi connectivity index (χ2n) is 14.3. The molecule has 0 amide bonds. The minimum atomic E-state index is -5.02. The molecule has 0 aromatic heterocycles. The summed E-state index contributed by atoms with van der Waals surface area (Å²) in [5.41, 5.74) is -0.791. The van der Waals surface area contributed by atoms with Gasteiger partial charge in [-0.25, -0.2) is 18.0 Å². The zero-order valence-electron chi connectivity index (χ0n) is 34.0. The number of unbranched alkanes of at least 4 members (excludes halogenated alkanes) is 24. The third kappa shape index (κ3) is 29.1. The predicted octanol–water partition coefficient (Wildman–Crippen LogP) is 9.98. The van der Waals surface area contributed by atoms with Crippen LogP contribution in [0, 0.1) is 0 Å². The summed E-state index contributed by atoms with van der Waals surface area (Å²) in [5, 5.41) is 0. The van der Waals surface area contributed by atoms with Crippen LogP contribution in [0.1, 0.15) is 214 Å². The van der Waals surface area contributed by atoms with Crippen LogP contribution >= 0.6 is 0 Å².